The van der Waals surface area contributed by atoms with Gasteiger partial charge in [-0.05, 0) is 38.5 Å². The summed E-state index contributed by atoms with van der Waals surface area (Å²) in [4.78, 5) is 21.5. The Morgan fingerprint density at radius 2 is 1.85 bits per heavy atom. The number of halogens is 1. The molecule has 26 heavy (non-hydrogen) atoms. The number of ether oxygens (including phenoxy) is 1. The molecule has 1 heterocycles. The third kappa shape index (κ3) is 6.56. The molecule has 2 N–H and O–H groups in total. The molecule has 0 saturated carbocycles. The number of nitrogens with one attached hydrogen (secondary N) is 2. The Kier molecular flexibility index (Phi) is 9.57. The van der Waals surface area contributed by atoms with E-state index in [-0.39, 0.29) is 29.9 Å². The zero-order chi connectivity index (χ0) is 18.2. The fraction of sp³-hybridized carbons (Fsp3) is 0.389. The van der Waals surface area contributed by atoms with Crippen LogP contribution in [0.3, 0.4) is 0 Å². The zero-order valence-electron chi connectivity index (χ0n) is 15.5. The van der Waals surface area contributed by atoms with Crippen LogP contribution in [0, 0.1) is 13.8 Å². The minimum absolute atomic E-state index is 0. The number of aryl methyl sites for hydroxylation is 2. The maximum Gasteiger partial charge on any atom is 0.338 e. The molecule has 8 heteroatoms. The van der Waals surface area contributed by atoms with Crippen molar-refractivity contribution in [2.24, 2.45) is 4.99 Å². The normalized spacial score (nSPS) is 10.8. The highest BCUT2D eigenvalue weighted by Crippen LogP contribution is 2.16. The van der Waals surface area contributed by atoms with Crippen LogP contribution in [0.4, 0.5) is 0 Å². The van der Waals surface area contributed by atoms with Crippen LogP contribution in [-0.2, 0) is 17.8 Å². The summed E-state index contributed by atoms with van der Waals surface area (Å²) in [7, 11) is 1.74. The smallest absolute Gasteiger partial charge is 0.338 e. The number of carbonyl (C=O) groups excluding carboxylic acids is 1. The van der Waals surface area contributed by atoms with Gasteiger partial charge < -0.3 is 15.4 Å². The Balaban J connectivity index is 0.00000338. The quantitative estimate of drug-likeness (QED) is 0.282. The topological polar surface area (TPSA) is 75.6 Å². The van der Waals surface area contributed by atoms with Crippen LogP contribution in [0.15, 0.2) is 29.3 Å². The van der Waals surface area contributed by atoms with Crippen LogP contribution < -0.4 is 10.6 Å². The van der Waals surface area contributed by atoms with Gasteiger partial charge in [0, 0.05) is 18.5 Å². The van der Waals surface area contributed by atoms with Crippen molar-refractivity contribution in [3.8, 4) is 0 Å². The fourth-order valence-corrected chi connectivity index (χ4v) is 3.16. The van der Waals surface area contributed by atoms with Gasteiger partial charge >= 0.3 is 5.97 Å². The second kappa shape index (κ2) is 11.1. The Bertz CT molecular complexity index is 744. The number of benzene rings is 1. The molecule has 0 bridgehead atoms. The first-order valence-electron chi connectivity index (χ1n) is 8.17. The Morgan fingerprint density at radius 1 is 1.19 bits per heavy atom. The summed E-state index contributed by atoms with van der Waals surface area (Å²) in [6, 6.07) is 7.36. The van der Waals surface area contributed by atoms with Crippen LogP contribution in [0.1, 0.15) is 38.4 Å². The Labute approximate surface area is 175 Å². The summed E-state index contributed by atoms with van der Waals surface area (Å²) in [5.41, 5.74) is 2.67. The molecule has 2 aromatic rings. The molecule has 0 atom stereocenters. The average Bonchev–Trinajstić information content (AvgIpc) is 2.93. The molecule has 0 unspecified atom stereocenters. The van der Waals surface area contributed by atoms with E-state index >= 15 is 0 Å². The van der Waals surface area contributed by atoms with Crippen LogP contribution in [0.5, 0.6) is 0 Å². The van der Waals surface area contributed by atoms with E-state index in [2.05, 4.69) is 20.6 Å². The van der Waals surface area contributed by atoms with Crippen molar-refractivity contribution in [3.05, 3.63) is 51.0 Å². The summed E-state index contributed by atoms with van der Waals surface area (Å²) < 4.78 is 4.98. The van der Waals surface area contributed by atoms with E-state index in [4.69, 9.17) is 4.74 Å². The maximum absolute atomic E-state index is 11.6. The van der Waals surface area contributed by atoms with E-state index in [1.165, 1.54) is 4.88 Å². The van der Waals surface area contributed by atoms with Gasteiger partial charge in [-0.3, -0.25) is 4.99 Å². The Hall–Kier alpha value is -1.68. The van der Waals surface area contributed by atoms with E-state index in [1.54, 1.807) is 37.4 Å². The van der Waals surface area contributed by atoms with Crippen molar-refractivity contribution in [2.45, 2.75) is 33.9 Å². The summed E-state index contributed by atoms with van der Waals surface area (Å²) in [5, 5.41) is 7.62. The molecule has 0 aliphatic heterocycles. The van der Waals surface area contributed by atoms with Gasteiger partial charge in [0.15, 0.2) is 5.96 Å². The fourth-order valence-electron chi connectivity index (χ4n) is 2.28. The van der Waals surface area contributed by atoms with Gasteiger partial charge in [0.1, 0.15) is 0 Å². The van der Waals surface area contributed by atoms with E-state index in [0.717, 1.165) is 22.2 Å². The van der Waals surface area contributed by atoms with Crippen LogP contribution in [0.2, 0.25) is 0 Å². The van der Waals surface area contributed by atoms with Gasteiger partial charge in [0.25, 0.3) is 0 Å². The van der Waals surface area contributed by atoms with E-state index in [1.807, 2.05) is 26.0 Å². The molecule has 2 rings (SSSR count). The lowest BCUT2D eigenvalue weighted by Crippen LogP contribution is -2.36. The highest BCUT2D eigenvalue weighted by molar-refractivity contribution is 14.0. The highest BCUT2D eigenvalue weighted by atomic mass is 127. The lowest BCUT2D eigenvalue weighted by atomic mass is 10.1. The monoisotopic (exact) mass is 488 g/mol. The second-order valence-electron chi connectivity index (χ2n) is 5.44. The van der Waals surface area contributed by atoms with Crippen molar-refractivity contribution in [3.63, 3.8) is 0 Å². The van der Waals surface area contributed by atoms with Gasteiger partial charge in [0.2, 0.25) is 0 Å². The third-order valence-corrected chi connectivity index (χ3v) is 4.64. The first kappa shape index (κ1) is 22.4. The first-order chi connectivity index (χ1) is 12.0. The minimum atomic E-state index is -0.297. The van der Waals surface area contributed by atoms with E-state index in [9.17, 15) is 4.79 Å². The van der Waals surface area contributed by atoms with Crippen molar-refractivity contribution in [1.29, 1.82) is 0 Å². The van der Waals surface area contributed by atoms with Gasteiger partial charge in [-0.2, -0.15) is 0 Å². The predicted octanol–water partition coefficient (Wildman–Crippen LogP) is 3.42. The van der Waals surface area contributed by atoms with Crippen molar-refractivity contribution < 1.29 is 9.53 Å². The molecule has 0 radical (unpaired) electrons. The first-order valence-corrected chi connectivity index (χ1v) is 8.98. The molecular weight excluding hydrogens is 463 g/mol. The molecule has 0 aliphatic rings. The Morgan fingerprint density at radius 3 is 2.38 bits per heavy atom. The molecule has 0 amide bonds. The molecule has 1 aromatic carbocycles. The number of esters is 1. The lowest BCUT2D eigenvalue weighted by molar-refractivity contribution is 0.0526. The van der Waals surface area contributed by atoms with Crippen LogP contribution in [0.25, 0.3) is 0 Å². The van der Waals surface area contributed by atoms with E-state index in [0.29, 0.717) is 25.3 Å². The number of rotatable bonds is 6. The number of aliphatic imine (C=N–C) groups is 1. The molecule has 0 spiro atoms. The molecule has 0 fully saturated rings. The number of guanidine groups is 1. The predicted molar refractivity (Wildman–Crippen MR) is 116 cm³/mol. The highest BCUT2D eigenvalue weighted by Gasteiger charge is 2.07. The average molecular weight is 488 g/mol. The minimum Gasteiger partial charge on any atom is -0.462 e. The van der Waals surface area contributed by atoms with E-state index < -0.39 is 0 Å². The summed E-state index contributed by atoms with van der Waals surface area (Å²) in [6.45, 7) is 7.51. The van der Waals surface area contributed by atoms with Gasteiger partial charge in [-0.1, -0.05) is 12.1 Å². The summed E-state index contributed by atoms with van der Waals surface area (Å²) in [5.74, 6) is 0.426. The number of hydrogen-bond donors (Lipinski definition) is 2. The van der Waals surface area contributed by atoms with Crippen LogP contribution in [-0.4, -0.2) is 30.6 Å². The number of nitrogens with zero attached hydrogens (tertiary/aromatic N) is 2. The second-order valence-corrected chi connectivity index (χ2v) is 6.73. The molecule has 1 aromatic heterocycles. The number of thiazole rings is 1. The van der Waals surface area contributed by atoms with Crippen LogP contribution >= 0.6 is 35.3 Å². The number of aromatic nitrogens is 1. The molecular formula is C18H25IN4O2S. The summed E-state index contributed by atoms with van der Waals surface area (Å²) in [6.07, 6.45) is 0. The lowest BCUT2D eigenvalue weighted by Gasteiger charge is -2.12. The molecule has 0 aliphatic carbocycles. The van der Waals surface area contributed by atoms with Crippen molar-refractivity contribution in [1.82, 2.24) is 15.6 Å². The maximum atomic E-state index is 11.6. The van der Waals surface area contributed by atoms with Gasteiger partial charge in [0.05, 0.1) is 29.4 Å². The van der Waals surface area contributed by atoms with Gasteiger partial charge in [-0.15, -0.1) is 35.3 Å². The summed E-state index contributed by atoms with van der Waals surface area (Å²) >= 11 is 1.69. The molecule has 0 saturated heterocycles. The molecule has 142 valence electrons. The standard InChI is InChI=1S/C18H24N4O2S.HI/c1-5-24-17(23)15-8-6-14(7-9-15)10-20-18(19-4)21-11-16-12(2)22-13(3)25-16;/h6-9H,5,10-11H2,1-4H3,(H2,19,20,21);1H. The number of hydrogen-bond acceptors (Lipinski definition) is 5. The largest absolute Gasteiger partial charge is 0.462 e. The molecule has 6 nitrogen and oxygen atoms in total. The van der Waals surface area contributed by atoms with Crippen molar-refractivity contribution >= 4 is 47.2 Å². The van der Waals surface area contributed by atoms with Gasteiger partial charge in [-0.25, -0.2) is 9.78 Å². The SMILES string of the molecule is CCOC(=O)c1ccc(CNC(=NC)NCc2sc(C)nc2C)cc1.I. The third-order valence-electron chi connectivity index (χ3n) is 3.56. The number of carbonyl (C=O) groups is 1. The van der Waals surface area contributed by atoms with Crippen molar-refractivity contribution in [2.75, 3.05) is 13.7 Å². The zero-order valence-corrected chi connectivity index (χ0v) is 18.6.